The summed E-state index contributed by atoms with van der Waals surface area (Å²) in [6.45, 7) is 6.45. The number of hydrogen-bond donors (Lipinski definition) is 1. The minimum absolute atomic E-state index is 0.00205. The molecule has 5 nitrogen and oxygen atoms in total. The Morgan fingerprint density at radius 3 is 2.43 bits per heavy atom. The van der Waals surface area contributed by atoms with Crippen molar-refractivity contribution in [2.45, 2.75) is 33.2 Å². The van der Waals surface area contributed by atoms with Crippen LogP contribution in [-0.4, -0.2) is 47.8 Å². The topological polar surface area (TPSA) is 62.3 Å². The molecule has 0 saturated carbocycles. The molecule has 0 aromatic carbocycles. The zero-order valence-electron chi connectivity index (χ0n) is 13.3. The molecule has 1 aromatic heterocycles. The van der Waals surface area contributed by atoms with Gasteiger partial charge in [0.15, 0.2) is 5.78 Å². The number of carbonyl (C=O) groups excluding carboxylic acids is 2. The van der Waals surface area contributed by atoms with Gasteiger partial charge in [0, 0.05) is 18.9 Å². The number of nitrogens with one attached hydrogen (secondary N) is 1. The van der Waals surface area contributed by atoms with E-state index in [0.717, 1.165) is 13.0 Å². The number of nitrogens with zero attached hydrogens (tertiary/aromatic N) is 2. The highest BCUT2D eigenvalue weighted by Gasteiger charge is 2.20. The second-order valence-corrected chi connectivity index (χ2v) is 5.74. The Hall–Kier alpha value is -1.75. The first-order chi connectivity index (χ1) is 9.90. The van der Waals surface area contributed by atoms with Gasteiger partial charge in [-0.25, -0.2) is 0 Å². The highest BCUT2D eigenvalue weighted by molar-refractivity contribution is 5.88. The summed E-state index contributed by atoms with van der Waals surface area (Å²) >= 11 is 0. The first kappa shape index (κ1) is 17.3. The third-order valence-corrected chi connectivity index (χ3v) is 3.37. The SMILES string of the molecule is CC(=O)C(NC(=O)CN(C)CCc1ccncc1)C(C)C. The number of likely N-dealkylation sites (N-methyl/N-ethyl adjacent to an activating group) is 1. The number of amides is 1. The molecule has 0 fully saturated rings. The van der Waals surface area contributed by atoms with Crippen LogP contribution in [0.4, 0.5) is 0 Å². The van der Waals surface area contributed by atoms with Crippen LogP contribution in [0.3, 0.4) is 0 Å². The van der Waals surface area contributed by atoms with Crippen LogP contribution in [0.25, 0.3) is 0 Å². The van der Waals surface area contributed by atoms with Gasteiger partial charge in [0.1, 0.15) is 0 Å². The second kappa shape index (κ2) is 8.52. The molecule has 1 atom stereocenters. The Bertz CT molecular complexity index is 460. The van der Waals surface area contributed by atoms with E-state index in [4.69, 9.17) is 0 Å². The molecule has 0 radical (unpaired) electrons. The molecule has 0 spiro atoms. The third kappa shape index (κ3) is 6.49. The normalized spacial score (nSPS) is 12.5. The number of rotatable bonds is 8. The average Bonchev–Trinajstić information content (AvgIpc) is 2.43. The van der Waals surface area contributed by atoms with Crippen molar-refractivity contribution in [2.24, 2.45) is 5.92 Å². The molecular weight excluding hydrogens is 266 g/mol. The predicted molar refractivity (Wildman–Crippen MR) is 82.9 cm³/mol. The largest absolute Gasteiger partial charge is 0.345 e. The Morgan fingerprint density at radius 2 is 1.90 bits per heavy atom. The fraction of sp³-hybridized carbons (Fsp3) is 0.562. The van der Waals surface area contributed by atoms with Crippen molar-refractivity contribution in [1.82, 2.24) is 15.2 Å². The van der Waals surface area contributed by atoms with Crippen molar-refractivity contribution in [3.8, 4) is 0 Å². The fourth-order valence-electron chi connectivity index (χ4n) is 2.15. The first-order valence-corrected chi connectivity index (χ1v) is 7.27. The van der Waals surface area contributed by atoms with Gasteiger partial charge in [-0.2, -0.15) is 0 Å². The van der Waals surface area contributed by atoms with Crippen LogP contribution < -0.4 is 5.32 Å². The van der Waals surface area contributed by atoms with Crippen molar-refractivity contribution in [2.75, 3.05) is 20.1 Å². The molecule has 1 aromatic rings. The smallest absolute Gasteiger partial charge is 0.234 e. The molecule has 0 aliphatic rings. The molecule has 1 rings (SSSR count). The molecule has 5 heteroatoms. The molecule has 0 aliphatic carbocycles. The molecule has 0 bridgehead atoms. The van der Waals surface area contributed by atoms with Gasteiger partial charge in [0.2, 0.25) is 5.91 Å². The molecule has 1 N–H and O–H groups in total. The van der Waals surface area contributed by atoms with Crippen LogP contribution in [0.15, 0.2) is 24.5 Å². The molecule has 0 saturated heterocycles. The van der Waals surface area contributed by atoms with E-state index in [1.54, 1.807) is 12.4 Å². The number of pyridine rings is 1. The lowest BCUT2D eigenvalue weighted by molar-refractivity contribution is -0.128. The molecule has 116 valence electrons. The summed E-state index contributed by atoms with van der Waals surface area (Å²) in [6.07, 6.45) is 4.40. The van der Waals surface area contributed by atoms with Crippen LogP contribution >= 0.6 is 0 Å². The molecule has 21 heavy (non-hydrogen) atoms. The fourth-order valence-corrected chi connectivity index (χ4v) is 2.15. The summed E-state index contributed by atoms with van der Waals surface area (Å²) in [5.74, 6) is -0.00695. The highest BCUT2D eigenvalue weighted by atomic mass is 16.2. The summed E-state index contributed by atoms with van der Waals surface area (Å²) in [7, 11) is 1.90. The van der Waals surface area contributed by atoms with Crippen LogP contribution in [0.2, 0.25) is 0 Å². The monoisotopic (exact) mass is 291 g/mol. The van der Waals surface area contributed by atoms with Gasteiger partial charge in [-0.3, -0.25) is 19.5 Å². The van der Waals surface area contributed by atoms with Gasteiger partial charge in [0.05, 0.1) is 12.6 Å². The minimum Gasteiger partial charge on any atom is -0.345 e. The lowest BCUT2D eigenvalue weighted by atomic mass is 10.0. The van der Waals surface area contributed by atoms with E-state index < -0.39 is 6.04 Å². The van der Waals surface area contributed by atoms with Crippen molar-refractivity contribution < 1.29 is 9.59 Å². The third-order valence-electron chi connectivity index (χ3n) is 3.37. The van der Waals surface area contributed by atoms with Crippen LogP contribution in [0.5, 0.6) is 0 Å². The Kier molecular flexibility index (Phi) is 7.02. The van der Waals surface area contributed by atoms with Crippen LogP contribution in [0, 0.1) is 5.92 Å². The molecule has 1 unspecified atom stereocenters. The van der Waals surface area contributed by atoms with Gasteiger partial charge in [0.25, 0.3) is 0 Å². The quantitative estimate of drug-likeness (QED) is 0.784. The van der Waals surface area contributed by atoms with E-state index >= 15 is 0 Å². The van der Waals surface area contributed by atoms with Crippen molar-refractivity contribution >= 4 is 11.7 Å². The van der Waals surface area contributed by atoms with E-state index in [1.165, 1.54) is 12.5 Å². The highest BCUT2D eigenvalue weighted by Crippen LogP contribution is 2.03. The molecular formula is C16H25N3O2. The van der Waals surface area contributed by atoms with Crippen molar-refractivity contribution in [1.29, 1.82) is 0 Å². The maximum absolute atomic E-state index is 12.0. The standard InChI is InChI=1S/C16H25N3O2/c1-12(2)16(13(3)20)18-15(21)11-19(4)10-7-14-5-8-17-9-6-14/h5-6,8-9,12,16H,7,10-11H2,1-4H3,(H,18,21). The van der Waals surface area contributed by atoms with E-state index in [0.29, 0.717) is 6.54 Å². The summed E-state index contributed by atoms with van der Waals surface area (Å²) in [5.41, 5.74) is 1.20. The number of carbonyl (C=O) groups is 2. The number of Topliss-reactive ketones (excluding diaryl/α,β-unsaturated/α-hetero) is 1. The summed E-state index contributed by atoms with van der Waals surface area (Å²) in [5, 5.41) is 2.80. The first-order valence-electron chi connectivity index (χ1n) is 7.27. The average molecular weight is 291 g/mol. The zero-order valence-corrected chi connectivity index (χ0v) is 13.3. The van der Waals surface area contributed by atoms with Crippen LogP contribution in [0.1, 0.15) is 26.3 Å². The van der Waals surface area contributed by atoms with E-state index in [2.05, 4.69) is 10.3 Å². The maximum Gasteiger partial charge on any atom is 0.234 e. The number of hydrogen-bond acceptors (Lipinski definition) is 4. The Balaban J connectivity index is 2.38. The maximum atomic E-state index is 12.0. The predicted octanol–water partition coefficient (Wildman–Crippen LogP) is 1.29. The second-order valence-electron chi connectivity index (χ2n) is 5.74. The van der Waals surface area contributed by atoms with Gasteiger partial charge in [-0.1, -0.05) is 13.8 Å². The Morgan fingerprint density at radius 1 is 1.29 bits per heavy atom. The molecule has 0 aliphatic heterocycles. The van der Waals surface area contributed by atoms with E-state index in [1.807, 2.05) is 37.9 Å². The summed E-state index contributed by atoms with van der Waals surface area (Å²) < 4.78 is 0. The number of aromatic nitrogens is 1. The van der Waals surface area contributed by atoms with E-state index in [9.17, 15) is 9.59 Å². The molecule has 1 amide bonds. The van der Waals surface area contributed by atoms with Gasteiger partial charge < -0.3 is 5.32 Å². The van der Waals surface area contributed by atoms with Crippen LogP contribution in [-0.2, 0) is 16.0 Å². The lowest BCUT2D eigenvalue weighted by Gasteiger charge is -2.22. The number of ketones is 1. The van der Waals surface area contributed by atoms with Gasteiger partial charge >= 0.3 is 0 Å². The minimum atomic E-state index is -0.397. The lowest BCUT2D eigenvalue weighted by Crippen LogP contribution is -2.47. The van der Waals surface area contributed by atoms with E-state index in [-0.39, 0.29) is 17.6 Å². The molecule has 1 heterocycles. The van der Waals surface area contributed by atoms with Gasteiger partial charge in [-0.05, 0) is 44.0 Å². The Labute approximate surface area is 126 Å². The summed E-state index contributed by atoms with van der Waals surface area (Å²) in [4.78, 5) is 29.4. The van der Waals surface area contributed by atoms with Crippen molar-refractivity contribution in [3.63, 3.8) is 0 Å². The van der Waals surface area contributed by atoms with Gasteiger partial charge in [-0.15, -0.1) is 0 Å². The summed E-state index contributed by atoms with van der Waals surface area (Å²) in [6, 6.07) is 3.54. The zero-order chi connectivity index (χ0) is 15.8. The van der Waals surface area contributed by atoms with Crippen molar-refractivity contribution in [3.05, 3.63) is 30.1 Å².